The molecule has 2 aromatic heterocycles. The zero-order valence-electron chi connectivity index (χ0n) is 8.90. The second-order valence-corrected chi connectivity index (χ2v) is 5.03. The minimum atomic E-state index is 0.164. The highest BCUT2D eigenvalue weighted by Crippen LogP contribution is 2.28. The van der Waals surface area contributed by atoms with Crippen LogP contribution in [0.25, 0.3) is 5.52 Å². The standard InChI is InChI=1S/C12H13BrN2O/c13-9-4-5-15-10(7-9)8-14-12(15)11-3-1-2-6-16-11/h4-5,7-8,11H,1-3,6H2. The van der Waals surface area contributed by atoms with Crippen molar-refractivity contribution in [2.75, 3.05) is 6.61 Å². The lowest BCUT2D eigenvalue weighted by Crippen LogP contribution is -2.14. The highest BCUT2D eigenvalue weighted by molar-refractivity contribution is 9.10. The lowest BCUT2D eigenvalue weighted by Gasteiger charge is -2.21. The number of hydrogen-bond acceptors (Lipinski definition) is 2. The van der Waals surface area contributed by atoms with Crippen LogP contribution in [0.2, 0.25) is 0 Å². The van der Waals surface area contributed by atoms with Crippen molar-refractivity contribution in [2.45, 2.75) is 25.4 Å². The quantitative estimate of drug-likeness (QED) is 0.801. The molecule has 84 valence electrons. The Morgan fingerprint density at radius 1 is 1.44 bits per heavy atom. The van der Waals surface area contributed by atoms with Crippen LogP contribution in [0.15, 0.2) is 29.0 Å². The van der Waals surface area contributed by atoms with Crippen LogP contribution in [0.4, 0.5) is 0 Å². The Morgan fingerprint density at radius 2 is 2.38 bits per heavy atom. The van der Waals surface area contributed by atoms with E-state index in [9.17, 15) is 0 Å². The number of aromatic nitrogens is 2. The molecule has 0 amide bonds. The lowest BCUT2D eigenvalue weighted by molar-refractivity contribution is 0.00915. The van der Waals surface area contributed by atoms with E-state index in [0.717, 1.165) is 28.8 Å². The second kappa shape index (κ2) is 4.18. The van der Waals surface area contributed by atoms with Gasteiger partial charge >= 0.3 is 0 Å². The molecule has 0 N–H and O–H groups in total. The van der Waals surface area contributed by atoms with E-state index in [2.05, 4.69) is 31.4 Å². The number of imidazole rings is 1. The highest BCUT2D eigenvalue weighted by atomic mass is 79.9. The molecular formula is C12H13BrN2O. The van der Waals surface area contributed by atoms with E-state index in [0.29, 0.717) is 0 Å². The van der Waals surface area contributed by atoms with Crippen LogP contribution in [-0.2, 0) is 4.74 Å². The summed E-state index contributed by atoms with van der Waals surface area (Å²) in [6.07, 6.45) is 7.59. The number of ether oxygens (including phenoxy) is 1. The molecule has 3 nitrogen and oxygen atoms in total. The van der Waals surface area contributed by atoms with Gasteiger partial charge in [0.15, 0.2) is 0 Å². The topological polar surface area (TPSA) is 26.5 Å². The van der Waals surface area contributed by atoms with E-state index < -0.39 is 0 Å². The van der Waals surface area contributed by atoms with Gasteiger partial charge in [0.1, 0.15) is 11.9 Å². The van der Waals surface area contributed by atoms with Crippen LogP contribution in [0, 0.1) is 0 Å². The molecule has 1 fully saturated rings. The van der Waals surface area contributed by atoms with E-state index in [-0.39, 0.29) is 6.10 Å². The summed E-state index contributed by atoms with van der Waals surface area (Å²) in [5, 5.41) is 0. The van der Waals surface area contributed by atoms with Gasteiger partial charge in [-0.25, -0.2) is 4.98 Å². The maximum absolute atomic E-state index is 5.77. The van der Waals surface area contributed by atoms with Gasteiger partial charge in [0.2, 0.25) is 0 Å². The van der Waals surface area contributed by atoms with Crippen LogP contribution < -0.4 is 0 Å². The molecule has 1 atom stereocenters. The third kappa shape index (κ3) is 1.76. The molecule has 4 heteroatoms. The Labute approximate surface area is 103 Å². The number of nitrogens with zero attached hydrogens (tertiary/aromatic N) is 2. The van der Waals surface area contributed by atoms with E-state index in [4.69, 9.17) is 4.74 Å². The Hall–Kier alpha value is -0.870. The Morgan fingerprint density at radius 3 is 3.19 bits per heavy atom. The Kier molecular flexibility index (Phi) is 2.69. The van der Waals surface area contributed by atoms with Crippen molar-refractivity contribution in [2.24, 2.45) is 0 Å². The minimum Gasteiger partial charge on any atom is -0.370 e. The van der Waals surface area contributed by atoms with Gasteiger partial charge in [0.05, 0.1) is 11.7 Å². The largest absolute Gasteiger partial charge is 0.370 e. The average molecular weight is 281 g/mol. The van der Waals surface area contributed by atoms with Crippen molar-refractivity contribution in [1.82, 2.24) is 9.38 Å². The third-order valence-electron chi connectivity index (χ3n) is 2.99. The van der Waals surface area contributed by atoms with Crippen LogP contribution in [0.1, 0.15) is 31.2 Å². The van der Waals surface area contributed by atoms with Gasteiger partial charge in [0.25, 0.3) is 0 Å². The SMILES string of the molecule is Brc1ccn2c(C3CCCCO3)ncc2c1. The predicted molar refractivity (Wildman–Crippen MR) is 65.4 cm³/mol. The summed E-state index contributed by atoms with van der Waals surface area (Å²) in [5.41, 5.74) is 1.11. The van der Waals surface area contributed by atoms with E-state index in [1.54, 1.807) is 0 Å². The first kappa shape index (κ1) is 10.3. The molecule has 16 heavy (non-hydrogen) atoms. The minimum absolute atomic E-state index is 0.164. The molecule has 3 heterocycles. The van der Waals surface area contributed by atoms with Gasteiger partial charge in [-0.15, -0.1) is 0 Å². The molecule has 1 saturated heterocycles. The molecule has 3 rings (SSSR count). The molecule has 1 aliphatic heterocycles. The molecule has 1 aliphatic rings. The van der Waals surface area contributed by atoms with Gasteiger partial charge in [-0.05, 0) is 31.4 Å². The van der Waals surface area contributed by atoms with Crippen LogP contribution in [0.3, 0.4) is 0 Å². The summed E-state index contributed by atoms with van der Waals surface area (Å²) in [6.45, 7) is 0.857. The molecule has 0 spiro atoms. The van der Waals surface area contributed by atoms with E-state index in [1.807, 2.05) is 18.5 Å². The number of fused-ring (bicyclic) bond motifs is 1. The summed E-state index contributed by atoms with van der Waals surface area (Å²) in [7, 11) is 0. The molecule has 2 aromatic rings. The Balaban J connectivity index is 2.03. The monoisotopic (exact) mass is 280 g/mol. The van der Waals surface area contributed by atoms with Gasteiger partial charge in [0, 0.05) is 17.3 Å². The summed E-state index contributed by atoms with van der Waals surface area (Å²) >= 11 is 3.47. The summed E-state index contributed by atoms with van der Waals surface area (Å²) in [4.78, 5) is 4.48. The van der Waals surface area contributed by atoms with Crippen molar-refractivity contribution < 1.29 is 4.74 Å². The summed E-state index contributed by atoms with van der Waals surface area (Å²) < 4.78 is 8.96. The van der Waals surface area contributed by atoms with Crippen LogP contribution in [-0.4, -0.2) is 16.0 Å². The molecule has 0 radical (unpaired) electrons. The smallest absolute Gasteiger partial charge is 0.142 e. The second-order valence-electron chi connectivity index (χ2n) is 4.11. The Bertz CT molecular complexity index is 503. The maximum atomic E-state index is 5.77. The van der Waals surface area contributed by atoms with Gasteiger partial charge in [-0.3, -0.25) is 0 Å². The first-order chi connectivity index (χ1) is 7.84. The molecule has 0 saturated carbocycles. The zero-order chi connectivity index (χ0) is 11.0. The van der Waals surface area contributed by atoms with E-state index >= 15 is 0 Å². The normalized spacial score (nSPS) is 21.4. The molecule has 0 aromatic carbocycles. The fraction of sp³-hybridized carbons (Fsp3) is 0.417. The fourth-order valence-corrected chi connectivity index (χ4v) is 2.53. The maximum Gasteiger partial charge on any atom is 0.142 e. The van der Waals surface area contributed by atoms with Gasteiger partial charge in [-0.2, -0.15) is 0 Å². The molecule has 0 aliphatic carbocycles. The van der Waals surface area contributed by atoms with Crippen molar-refractivity contribution >= 4 is 21.4 Å². The first-order valence-corrected chi connectivity index (χ1v) is 6.38. The number of halogens is 1. The van der Waals surface area contributed by atoms with Crippen molar-refractivity contribution in [1.29, 1.82) is 0 Å². The van der Waals surface area contributed by atoms with Crippen LogP contribution >= 0.6 is 15.9 Å². The van der Waals surface area contributed by atoms with Crippen molar-refractivity contribution in [3.8, 4) is 0 Å². The number of pyridine rings is 1. The average Bonchev–Trinajstić information content (AvgIpc) is 2.73. The summed E-state index contributed by atoms with van der Waals surface area (Å²) in [5.74, 6) is 1.03. The molecule has 1 unspecified atom stereocenters. The first-order valence-electron chi connectivity index (χ1n) is 5.59. The lowest BCUT2D eigenvalue weighted by atomic mass is 10.1. The highest BCUT2D eigenvalue weighted by Gasteiger charge is 2.20. The fourth-order valence-electron chi connectivity index (χ4n) is 2.18. The van der Waals surface area contributed by atoms with Crippen molar-refractivity contribution in [3.05, 3.63) is 34.8 Å². The predicted octanol–water partition coefficient (Wildman–Crippen LogP) is 3.34. The van der Waals surface area contributed by atoms with Crippen molar-refractivity contribution in [3.63, 3.8) is 0 Å². The zero-order valence-corrected chi connectivity index (χ0v) is 10.5. The van der Waals surface area contributed by atoms with E-state index in [1.165, 1.54) is 12.8 Å². The molecular weight excluding hydrogens is 268 g/mol. The van der Waals surface area contributed by atoms with Gasteiger partial charge < -0.3 is 9.14 Å². The third-order valence-corrected chi connectivity index (χ3v) is 3.48. The number of rotatable bonds is 1. The number of hydrogen-bond donors (Lipinski definition) is 0. The van der Waals surface area contributed by atoms with Gasteiger partial charge in [-0.1, -0.05) is 15.9 Å². The van der Waals surface area contributed by atoms with Crippen LogP contribution in [0.5, 0.6) is 0 Å². The summed E-state index contributed by atoms with van der Waals surface area (Å²) in [6, 6.07) is 4.10. The molecule has 0 bridgehead atoms.